The van der Waals surface area contributed by atoms with Crippen molar-refractivity contribution in [1.29, 1.82) is 0 Å². The molecule has 1 atom stereocenters. The summed E-state index contributed by atoms with van der Waals surface area (Å²) in [6, 6.07) is 14.9. The molecule has 0 spiro atoms. The van der Waals surface area contributed by atoms with E-state index in [1.807, 2.05) is 57.2 Å². The van der Waals surface area contributed by atoms with E-state index in [1.165, 1.54) is 17.3 Å². The van der Waals surface area contributed by atoms with Crippen molar-refractivity contribution in [3.63, 3.8) is 0 Å². The van der Waals surface area contributed by atoms with E-state index in [-0.39, 0.29) is 23.6 Å². The number of halogens is 1. The van der Waals surface area contributed by atoms with Crippen LogP contribution < -0.4 is 5.32 Å². The molecule has 2 aromatic rings. The molecule has 0 heterocycles. The van der Waals surface area contributed by atoms with E-state index < -0.39 is 6.04 Å². The molecule has 0 aliphatic carbocycles. The van der Waals surface area contributed by atoms with E-state index >= 15 is 0 Å². The summed E-state index contributed by atoms with van der Waals surface area (Å²) in [7, 11) is 0. The van der Waals surface area contributed by atoms with Crippen LogP contribution in [0.5, 0.6) is 0 Å². The first kappa shape index (κ1) is 22.3. The summed E-state index contributed by atoms with van der Waals surface area (Å²) in [5, 5.41) is 3.53. The van der Waals surface area contributed by atoms with Crippen LogP contribution >= 0.6 is 23.4 Å². The molecule has 4 nitrogen and oxygen atoms in total. The van der Waals surface area contributed by atoms with E-state index in [9.17, 15) is 9.59 Å². The molecule has 0 aromatic heterocycles. The summed E-state index contributed by atoms with van der Waals surface area (Å²) < 4.78 is 0. The quantitative estimate of drug-likeness (QED) is 0.633. The Morgan fingerprint density at radius 3 is 2.21 bits per heavy atom. The van der Waals surface area contributed by atoms with Crippen LogP contribution in [0.1, 0.15) is 31.9 Å². The van der Waals surface area contributed by atoms with Gasteiger partial charge in [-0.05, 0) is 57.5 Å². The lowest BCUT2D eigenvalue weighted by atomic mass is 10.1. The molecule has 0 fully saturated rings. The lowest BCUT2D eigenvalue weighted by molar-refractivity contribution is -0.138. The minimum absolute atomic E-state index is 0.0179. The first-order chi connectivity index (χ1) is 13.3. The lowest BCUT2D eigenvalue weighted by Gasteiger charge is -2.29. The summed E-state index contributed by atoms with van der Waals surface area (Å²) in [6.07, 6.45) is 0. The second-order valence-electron chi connectivity index (χ2n) is 7.09. The van der Waals surface area contributed by atoms with Crippen molar-refractivity contribution < 1.29 is 9.59 Å². The van der Waals surface area contributed by atoms with Crippen molar-refractivity contribution in [1.82, 2.24) is 10.2 Å². The van der Waals surface area contributed by atoms with E-state index in [4.69, 9.17) is 11.6 Å². The predicted octanol–water partition coefficient (Wildman–Crippen LogP) is 4.68. The Kier molecular flexibility index (Phi) is 8.39. The summed E-state index contributed by atoms with van der Waals surface area (Å²) in [5.74, 6) is 0.0419. The molecule has 0 radical (unpaired) electrons. The van der Waals surface area contributed by atoms with Gasteiger partial charge in [0.1, 0.15) is 6.04 Å². The molecule has 2 aromatic carbocycles. The number of amides is 2. The molecule has 2 amide bonds. The Labute approximate surface area is 176 Å². The molecule has 6 heteroatoms. The van der Waals surface area contributed by atoms with E-state index in [2.05, 4.69) is 5.32 Å². The van der Waals surface area contributed by atoms with Gasteiger partial charge in [0.25, 0.3) is 0 Å². The SMILES string of the molecule is Cc1ccc(SCC(=O)N(Cc2ccc(Cl)cc2)C(C)C(=O)NC(C)C)cc1. The van der Waals surface area contributed by atoms with Gasteiger partial charge in [-0.2, -0.15) is 0 Å². The third kappa shape index (κ3) is 6.88. The molecule has 150 valence electrons. The molecule has 1 N–H and O–H groups in total. The number of rotatable bonds is 8. The van der Waals surface area contributed by atoms with Crippen LogP contribution in [0.15, 0.2) is 53.4 Å². The molecule has 0 bridgehead atoms. The summed E-state index contributed by atoms with van der Waals surface area (Å²) in [4.78, 5) is 28.2. The number of thioether (sulfide) groups is 1. The Morgan fingerprint density at radius 1 is 1.04 bits per heavy atom. The minimum Gasteiger partial charge on any atom is -0.352 e. The van der Waals surface area contributed by atoms with Crippen molar-refractivity contribution in [3.8, 4) is 0 Å². The minimum atomic E-state index is -0.566. The maximum atomic E-state index is 13.0. The highest BCUT2D eigenvalue weighted by molar-refractivity contribution is 8.00. The van der Waals surface area contributed by atoms with Crippen LogP contribution in [-0.2, 0) is 16.1 Å². The monoisotopic (exact) mass is 418 g/mol. The molecule has 0 aliphatic rings. The third-order valence-corrected chi connectivity index (χ3v) is 5.50. The molecule has 28 heavy (non-hydrogen) atoms. The summed E-state index contributed by atoms with van der Waals surface area (Å²) in [6.45, 7) is 7.97. The summed E-state index contributed by atoms with van der Waals surface area (Å²) in [5.41, 5.74) is 2.11. The first-order valence-electron chi connectivity index (χ1n) is 9.30. The van der Waals surface area contributed by atoms with Crippen LogP contribution in [0.4, 0.5) is 0 Å². The highest BCUT2D eigenvalue weighted by Crippen LogP contribution is 2.20. The van der Waals surface area contributed by atoms with Crippen LogP contribution in [0, 0.1) is 6.92 Å². The van der Waals surface area contributed by atoms with Gasteiger partial charge >= 0.3 is 0 Å². The standard InChI is InChI=1S/C22H27ClN2O2S/c1-15(2)24-22(27)17(4)25(13-18-7-9-19(23)10-8-18)21(26)14-28-20-11-5-16(3)6-12-20/h5-12,15,17H,13-14H2,1-4H3,(H,24,27). The topological polar surface area (TPSA) is 49.4 Å². The van der Waals surface area contributed by atoms with Crippen molar-refractivity contribution >= 4 is 35.2 Å². The van der Waals surface area contributed by atoms with Crippen LogP contribution in [-0.4, -0.2) is 34.6 Å². The van der Waals surface area contributed by atoms with Gasteiger partial charge in [-0.25, -0.2) is 0 Å². The molecule has 0 aliphatic heterocycles. The molecule has 2 rings (SSSR count). The first-order valence-corrected chi connectivity index (χ1v) is 10.7. The van der Waals surface area contributed by atoms with E-state index in [1.54, 1.807) is 24.0 Å². The Hall–Kier alpha value is -1.98. The number of aryl methyl sites for hydroxylation is 1. The van der Waals surface area contributed by atoms with Crippen molar-refractivity contribution in [2.75, 3.05) is 5.75 Å². The average molecular weight is 419 g/mol. The Morgan fingerprint density at radius 2 is 1.64 bits per heavy atom. The zero-order chi connectivity index (χ0) is 20.7. The van der Waals surface area contributed by atoms with Gasteiger partial charge in [-0.3, -0.25) is 9.59 Å². The van der Waals surface area contributed by atoms with Gasteiger partial charge in [0, 0.05) is 22.5 Å². The Balaban J connectivity index is 2.12. The number of nitrogens with one attached hydrogen (secondary N) is 1. The molecular formula is C22H27ClN2O2S. The molecular weight excluding hydrogens is 392 g/mol. The third-order valence-electron chi connectivity index (χ3n) is 4.25. The maximum absolute atomic E-state index is 13.0. The van der Waals surface area contributed by atoms with Crippen LogP contribution in [0.25, 0.3) is 0 Å². The Bertz CT molecular complexity index is 791. The van der Waals surface area contributed by atoms with Gasteiger partial charge < -0.3 is 10.2 Å². The number of nitrogens with zero attached hydrogens (tertiary/aromatic N) is 1. The zero-order valence-electron chi connectivity index (χ0n) is 16.7. The van der Waals surface area contributed by atoms with Crippen LogP contribution in [0.3, 0.4) is 0 Å². The zero-order valence-corrected chi connectivity index (χ0v) is 18.3. The van der Waals surface area contributed by atoms with Crippen LogP contribution in [0.2, 0.25) is 5.02 Å². The number of hydrogen-bond acceptors (Lipinski definition) is 3. The number of carbonyl (C=O) groups excluding carboxylic acids is 2. The second kappa shape index (κ2) is 10.5. The van der Waals surface area contributed by atoms with Crippen molar-refractivity contribution in [2.24, 2.45) is 0 Å². The molecule has 0 saturated heterocycles. The highest BCUT2D eigenvalue weighted by Gasteiger charge is 2.26. The van der Waals surface area contributed by atoms with Crippen molar-refractivity contribution in [2.45, 2.75) is 51.2 Å². The average Bonchev–Trinajstić information content (AvgIpc) is 2.65. The summed E-state index contributed by atoms with van der Waals surface area (Å²) >= 11 is 7.44. The van der Waals surface area contributed by atoms with Gasteiger partial charge in [-0.15, -0.1) is 11.8 Å². The molecule has 1 unspecified atom stereocenters. The van der Waals surface area contributed by atoms with Gasteiger partial charge in [0.05, 0.1) is 5.75 Å². The maximum Gasteiger partial charge on any atom is 0.242 e. The van der Waals surface area contributed by atoms with Gasteiger partial charge in [0.15, 0.2) is 0 Å². The normalized spacial score (nSPS) is 11.9. The van der Waals surface area contributed by atoms with E-state index in [0.29, 0.717) is 11.6 Å². The second-order valence-corrected chi connectivity index (χ2v) is 8.57. The van der Waals surface area contributed by atoms with E-state index in [0.717, 1.165) is 10.5 Å². The van der Waals surface area contributed by atoms with Gasteiger partial charge in [0.2, 0.25) is 11.8 Å². The number of hydrogen-bond donors (Lipinski definition) is 1. The highest BCUT2D eigenvalue weighted by atomic mass is 35.5. The smallest absolute Gasteiger partial charge is 0.242 e. The number of benzene rings is 2. The number of carbonyl (C=O) groups is 2. The fourth-order valence-electron chi connectivity index (χ4n) is 2.64. The van der Waals surface area contributed by atoms with Gasteiger partial charge in [-0.1, -0.05) is 41.4 Å². The fourth-order valence-corrected chi connectivity index (χ4v) is 3.55. The predicted molar refractivity (Wildman–Crippen MR) is 117 cm³/mol. The fraction of sp³-hybridized carbons (Fsp3) is 0.364. The lowest BCUT2D eigenvalue weighted by Crippen LogP contribution is -2.49. The largest absolute Gasteiger partial charge is 0.352 e. The molecule has 0 saturated carbocycles. The van der Waals surface area contributed by atoms with Crippen molar-refractivity contribution in [3.05, 3.63) is 64.7 Å².